The number of hydrogen-bond donors (Lipinski definition) is 0. The van der Waals surface area contributed by atoms with Crippen LogP contribution in [-0.4, -0.2) is 9.97 Å². The molecular weight excluding hydrogens is 340 g/mol. The molecule has 4 nitrogen and oxygen atoms in total. The number of benzene rings is 1. The summed E-state index contributed by atoms with van der Waals surface area (Å²) in [5.74, 6) is 2.90. The molecule has 0 amide bonds. The molecule has 4 rings (SSSR count). The van der Waals surface area contributed by atoms with Gasteiger partial charge in [0, 0.05) is 17.1 Å². The lowest BCUT2D eigenvalue weighted by atomic mass is 10.2. The number of oxazole rings is 2. The minimum atomic E-state index is 0.660. The molecule has 0 aliphatic rings. The van der Waals surface area contributed by atoms with E-state index in [9.17, 15) is 0 Å². The Morgan fingerprint density at radius 1 is 0.833 bits per heavy atom. The van der Waals surface area contributed by atoms with Crippen molar-refractivity contribution in [2.45, 2.75) is 11.5 Å². The number of aromatic nitrogens is 2. The zero-order valence-electron chi connectivity index (χ0n) is 12.7. The first-order valence-electron chi connectivity index (χ1n) is 7.44. The molecule has 0 aliphatic carbocycles. The molecule has 6 heteroatoms. The number of rotatable bonds is 6. The van der Waals surface area contributed by atoms with Gasteiger partial charge in [0.15, 0.2) is 0 Å². The van der Waals surface area contributed by atoms with Crippen LogP contribution in [0, 0.1) is 0 Å². The first-order chi connectivity index (χ1) is 11.9. The third-order valence-corrected chi connectivity index (χ3v) is 5.21. The van der Waals surface area contributed by atoms with Gasteiger partial charge in [-0.3, -0.25) is 0 Å². The molecule has 24 heavy (non-hydrogen) atoms. The molecule has 4 aromatic rings. The van der Waals surface area contributed by atoms with Crippen LogP contribution in [0.25, 0.3) is 22.2 Å². The standard InChI is InChI=1S/C18H14N2O2S2/c1-2-5-13(6-3-1)17-19-14(9-21-17)11-23-12-15-10-22-18(20-15)16-7-4-8-24-16/h1-10H,11-12H2. The van der Waals surface area contributed by atoms with Gasteiger partial charge in [-0.2, -0.15) is 0 Å². The Morgan fingerprint density at radius 3 is 2.25 bits per heavy atom. The van der Waals surface area contributed by atoms with Crippen molar-refractivity contribution in [3.05, 3.63) is 71.8 Å². The van der Waals surface area contributed by atoms with Crippen LogP contribution in [-0.2, 0) is 11.5 Å². The van der Waals surface area contributed by atoms with Gasteiger partial charge in [0.25, 0.3) is 0 Å². The first kappa shape index (κ1) is 15.2. The highest BCUT2D eigenvalue weighted by Crippen LogP contribution is 2.26. The SMILES string of the molecule is c1ccc(-c2nc(CSCc3coc(-c4cccs4)n3)co2)cc1. The van der Waals surface area contributed by atoms with Crippen molar-refractivity contribution in [3.63, 3.8) is 0 Å². The van der Waals surface area contributed by atoms with E-state index >= 15 is 0 Å². The van der Waals surface area contributed by atoms with Gasteiger partial charge in [0.05, 0.1) is 16.3 Å². The number of nitrogens with zero attached hydrogens (tertiary/aromatic N) is 2. The van der Waals surface area contributed by atoms with Crippen molar-refractivity contribution >= 4 is 23.1 Å². The van der Waals surface area contributed by atoms with E-state index in [1.54, 1.807) is 35.6 Å². The van der Waals surface area contributed by atoms with Gasteiger partial charge in [-0.1, -0.05) is 24.3 Å². The summed E-state index contributed by atoms with van der Waals surface area (Å²) in [6.45, 7) is 0. The lowest BCUT2D eigenvalue weighted by Crippen LogP contribution is -1.85. The second-order valence-electron chi connectivity index (χ2n) is 5.12. The van der Waals surface area contributed by atoms with E-state index in [-0.39, 0.29) is 0 Å². The van der Waals surface area contributed by atoms with Crippen molar-refractivity contribution in [2.75, 3.05) is 0 Å². The third kappa shape index (κ3) is 3.44. The molecule has 3 heterocycles. The van der Waals surface area contributed by atoms with E-state index in [0.717, 1.165) is 33.3 Å². The van der Waals surface area contributed by atoms with Gasteiger partial charge in [-0.05, 0) is 23.6 Å². The fourth-order valence-corrected chi connectivity index (χ4v) is 3.67. The number of hydrogen-bond acceptors (Lipinski definition) is 6. The van der Waals surface area contributed by atoms with Gasteiger partial charge in [-0.25, -0.2) is 9.97 Å². The Morgan fingerprint density at radius 2 is 1.54 bits per heavy atom. The fraction of sp³-hybridized carbons (Fsp3) is 0.111. The second kappa shape index (κ2) is 7.07. The maximum atomic E-state index is 5.55. The first-order valence-corrected chi connectivity index (χ1v) is 9.48. The van der Waals surface area contributed by atoms with Gasteiger partial charge in [-0.15, -0.1) is 23.1 Å². The lowest BCUT2D eigenvalue weighted by molar-refractivity contribution is 0.573. The summed E-state index contributed by atoms with van der Waals surface area (Å²) in [7, 11) is 0. The fourth-order valence-electron chi connectivity index (χ4n) is 2.23. The predicted molar refractivity (Wildman–Crippen MR) is 96.8 cm³/mol. The van der Waals surface area contributed by atoms with Crippen LogP contribution < -0.4 is 0 Å². The molecule has 1 aromatic carbocycles. The zero-order chi connectivity index (χ0) is 16.2. The largest absolute Gasteiger partial charge is 0.444 e. The van der Waals surface area contributed by atoms with Crippen LogP contribution in [0.3, 0.4) is 0 Å². The highest BCUT2D eigenvalue weighted by Gasteiger charge is 2.09. The minimum Gasteiger partial charge on any atom is -0.444 e. The van der Waals surface area contributed by atoms with Crippen LogP contribution >= 0.6 is 23.1 Å². The van der Waals surface area contributed by atoms with E-state index < -0.39 is 0 Å². The maximum Gasteiger partial charge on any atom is 0.236 e. The molecule has 0 radical (unpaired) electrons. The minimum absolute atomic E-state index is 0.660. The van der Waals surface area contributed by atoms with E-state index in [1.165, 1.54) is 0 Å². The van der Waals surface area contributed by atoms with E-state index in [2.05, 4.69) is 9.97 Å². The highest BCUT2D eigenvalue weighted by atomic mass is 32.2. The molecule has 0 unspecified atom stereocenters. The van der Waals surface area contributed by atoms with Crippen molar-refractivity contribution < 1.29 is 8.83 Å². The summed E-state index contributed by atoms with van der Waals surface area (Å²) in [5.41, 5.74) is 2.86. The quantitative estimate of drug-likeness (QED) is 0.458. The van der Waals surface area contributed by atoms with Crippen LogP contribution in [0.4, 0.5) is 0 Å². The highest BCUT2D eigenvalue weighted by molar-refractivity contribution is 7.97. The summed E-state index contributed by atoms with van der Waals surface area (Å²) in [6, 6.07) is 13.9. The van der Waals surface area contributed by atoms with Crippen LogP contribution in [0.5, 0.6) is 0 Å². The third-order valence-electron chi connectivity index (χ3n) is 3.36. The summed E-state index contributed by atoms with van der Waals surface area (Å²) >= 11 is 3.36. The molecule has 3 aromatic heterocycles. The summed E-state index contributed by atoms with van der Waals surface area (Å²) in [4.78, 5) is 10.1. The van der Waals surface area contributed by atoms with Crippen LogP contribution in [0.1, 0.15) is 11.4 Å². The maximum absolute atomic E-state index is 5.55. The van der Waals surface area contributed by atoms with E-state index in [0.29, 0.717) is 11.8 Å². The molecule has 0 N–H and O–H groups in total. The smallest absolute Gasteiger partial charge is 0.236 e. The van der Waals surface area contributed by atoms with Gasteiger partial charge < -0.3 is 8.83 Å². The summed E-state index contributed by atoms with van der Waals surface area (Å²) < 4.78 is 11.1. The van der Waals surface area contributed by atoms with Gasteiger partial charge >= 0.3 is 0 Å². The van der Waals surface area contributed by atoms with Gasteiger partial charge in [0.2, 0.25) is 11.8 Å². The molecule has 0 fully saturated rings. The Balaban J connectivity index is 1.34. The van der Waals surface area contributed by atoms with Gasteiger partial charge in [0.1, 0.15) is 12.5 Å². The van der Waals surface area contributed by atoms with Crippen molar-refractivity contribution in [1.82, 2.24) is 9.97 Å². The van der Waals surface area contributed by atoms with E-state index in [1.807, 2.05) is 47.8 Å². The lowest BCUT2D eigenvalue weighted by Gasteiger charge is -1.95. The summed E-state index contributed by atoms with van der Waals surface area (Å²) in [5, 5.41) is 2.02. The van der Waals surface area contributed by atoms with E-state index in [4.69, 9.17) is 8.83 Å². The molecule has 0 spiro atoms. The summed E-state index contributed by atoms with van der Waals surface area (Å²) in [6.07, 6.45) is 3.44. The van der Waals surface area contributed by atoms with Crippen molar-refractivity contribution in [2.24, 2.45) is 0 Å². The Bertz CT molecular complexity index is 898. The average molecular weight is 354 g/mol. The van der Waals surface area contributed by atoms with Crippen molar-refractivity contribution in [1.29, 1.82) is 0 Å². The monoisotopic (exact) mass is 354 g/mol. The molecule has 0 bridgehead atoms. The molecule has 120 valence electrons. The predicted octanol–water partition coefficient (Wildman–Crippen LogP) is 5.49. The second-order valence-corrected chi connectivity index (χ2v) is 7.06. The topological polar surface area (TPSA) is 52.1 Å². The molecule has 0 saturated carbocycles. The molecular formula is C18H14N2O2S2. The molecule has 0 saturated heterocycles. The van der Waals surface area contributed by atoms with Crippen molar-refractivity contribution in [3.8, 4) is 22.2 Å². The zero-order valence-corrected chi connectivity index (χ0v) is 14.3. The molecule has 0 atom stereocenters. The average Bonchev–Trinajstić information content (AvgIpc) is 3.37. The Hall–Kier alpha value is -2.31. The Kier molecular flexibility index (Phi) is 4.49. The molecule has 0 aliphatic heterocycles. The normalized spacial score (nSPS) is 11.0. The number of thiophene rings is 1. The number of thioether (sulfide) groups is 1. The van der Waals surface area contributed by atoms with Crippen LogP contribution in [0.15, 0.2) is 69.2 Å². The van der Waals surface area contributed by atoms with Crippen LogP contribution in [0.2, 0.25) is 0 Å². The Labute approximate surface area is 147 Å².